The van der Waals surface area contributed by atoms with Gasteiger partial charge in [-0.05, 0) is 25.1 Å². The molecule has 0 aliphatic heterocycles. The molecule has 0 aliphatic rings. The Hall–Kier alpha value is -3.22. The lowest BCUT2D eigenvalue weighted by Crippen LogP contribution is -2.31. The van der Waals surface area contributed by atoms with E-state index in [4.69, 9.17) is 14.2 Å². The van der Waals surface area contributed by atoms with Crippen LogP contribution in [0.15, 0.2) is 42.5 Å². The monoisotopic (exact) mass is 372 g/mol. The van der Waals surface area contributed by atoms with E-state index in [0.717, 1.165) is 0 Å². The Labute approximate surface area is 158 Å². The highest BCUT2D eigenvalue weighted by atomic mass is 16.5. The van der Waals surface area contributed by atoms with Crippen molar-refractivity contribution in [1.82, 2.24) is 4.90 Å². The molecular weight excluding hydrogens is 348 g/mol. The highest BCUT2D eigenvalue weighted by Gasteiger charge is 2.22. The van der Waals surface area contributed by atoms with Crippen molar-refractivity contribution in [2.45, 2.75) is 13.0 Å². The number of hydrogen-bond donors (Lipinski definition) is 1. The van der Waals surface area contributed by atoms with E-state index in [1.807, 2.05) is 18.2 Å². The van der Waals surface area contributed by atoms with Crippen molar-refractivity contribution in [3.63, 3.8) is 0 Å². The van der Waals surface area contributed by atoms with Crippen LogP contribution >= 0.6 is 0 Å². The minimum atomic E-state index is -0.761. The third-order valence-electron chi connectivity index (χ3n) is 3.84. The highest BCUT2D eigenvalue weighted by Crippen LogP contribution is 2.34. The maximum atomic E-state index is 12.6. The molecule has 2 aromatic carbocycles. The summed E-state index contributed by atoms with van der Waals surface area (Å²) in [4.78, 5) is 26.5. The molecule has 2 aromatic rings. The third kappa shape index (κ3) is 4.91. The highest BCUT2D eigenvalue weighted by molar-refractivity contribution is 6.05. The van der Waals surface area contributed by atoms with Crippen LogP contribution in [-0.4, -0.2) is 51.1 Å². The number of nitrogens with zero attached hydrogens (tertiary/aromatic N) is 1. The molecule has 1 atom stereocenters. The van der Waals surface area contributed by atoms with Gasteiger partial charge in [0, 0.05) is 20.2 Å². The van der Waals surface area contributed by atoms with Gasteiger partial charge in [-0.25, -0.2) is 0 Å². The number of nitrogens with one attached hydrogen (secondary N) is 1. The second-order valence-electron chi connectivity index (χ2n) is 6.01. The molecule has 0 saturated carbocycles. The van der Waals surface area contributed by atoms with E-state index >= 15 is 0 Å². The minimum Gasteiger partial charge on any atom is -0.493 e. The van der Waals surface area contributed by atoms with Crippen LogP contribution in [0.5, 0.6) is 17.2 Å². The van der Waals surface area contributed by atoms with Gasteiger partial charge in [0.15, 0.2) is 17.6 Å². The fourth-order valence-corrected chi connectivity index (χ4v) is 2.39. The fourth-order valence-electron chi connectivity index (χ4n) is 2.39. The zero-order valence-corrected chi connectivity index (χ0v) is 16.1. The first-order chi connectivity index (χ1) is 12.9. The lowest BCUT2D eigenvalue weighted by molar-refractivity contribution is -0.122. The number of benzene rings is 2. The van der Waals surface area contributed by atoms with E-state index in [2.05, 4.69) is 5.32 Å². The molecule has 2 rings (SSSR count). The lowest BCUT2D eigenvalue weighted by Gasteiger charge is -2.19. The van der Waals surface area contributed by atoms with Crippen LogP contribution in [0.2, 0.25) is 0 Å². The number of carbonyl (C=O) groups excluding carboxylic acids is 2. The molecule has 7 heteroatoms. The molecule has 0 aliphatic carbocycles. The number of carbonyl (C=O) groups is 2. The Bertz CT molecular complexity index is 806. The summed E-state index contributed by atoms with van der Waals surface area (Å²) in [6, 6.07) is 12.1. The van der Waals surface area contributed by atoms with Crippen molar-refractivity contribution < 1.29 is 23.8 Å². The standard InChI is InChI=1S/C20H24N2O5/c1-13(27-14-9-7-6-8-10-14)19(23)21-16-12-18(26-5)17(25-4)11-15(16)20(24)22(2)3/h6-13H,1-5H3,(H,21,23)/t13-/m1/s1. The molecule has 0 heterocycles. The Kier molecular flexibility index (Phi) is 6.65. The predicted molar refractivity (Wildman–Crippen MR) is 103 cm³/mol. The molecule has 0 radical (unpaired) electrons. The van der Waals surface area contributed by atoms with Crippen LogP contribution in [-0.2, 0) is 4.79 Å². The molecule has 0 bridgehead atoms. The molecule has 1 N–H and O–H groups in total. The summed E-state index contributed by atoms with van der Waals surface area (Å²) in [7, 11) is 6.23. The van der Waals surface area contributed by atoms with Crippen molar-refractivity contribution in [2.75, 3.05) is 33.6 Å². The quantitative estimate of drug-likeness (QED) is 0.809. The zero-order chi connectivity index (χ0) is 20.0. The van der Waals surface area contributed by atoms with E-state index in [0.29, 0.717) is 22.9 Å². The summed E-state index contributed by atoms with van der Waals surface area (Å²) in [5.74, 6) is 0.716. The summed E-state index contributed by atoms with van der Waals surface area (Å²) in [6.45, 7) is 1.64. The van der Waals surface area contributed by atoms with Crippen molar-refractivity contribution in [3.8, 4) is 17.2 Å². The van der Waals surface area contributed by atoms with Crippen LogP contribution in [0.25, 0.3) is 0 Å². The van der Waals surface area contributed by atoms with E-state index in [9.17, 15) is 9.59 Å². The summed E-state index contributed by atoms with van der Waals surface area (Å²) in [5, 5.41) is 2.75. The zero-order valence-electron chi connectivity index (χ0n) is 16.1. The van der Waals surface area contributed by atoms with E-state index in [1.165, 1.54) is 19.1 Å². The molecule has 0 unspecified atom stereocenters. The number of hydrogen-bond acceptors (Lipinski definition) is 5. The molecule has 7 nitrogen and oxygen atoms in total. The third-order valence-corrected chi connectivity index (χ3v) is 3.84. The van der Waals surface area contributed by atoms with Gasteiger partial charge in [-0.1, -0.05) is 18.2 Å². The summed E-state index contributed by atoms with van der Waals surface area (Å²) < 4.78 is 16.2. The number of methoxy groups -OCH3 is 2. The molecule has 2 amide bonds. The summed E-state index contributed by atoms with van der Waals surface area (Å²) >= 11 is 0. The van der Waals surface area contributed by atoms with Gasteiger partial charge in [0.25, 0.3) is 11.8 Å². The van der Waals surface area contributed by atoms with E-state index in [1.54, 1.807) is 45.3 Å². The van der Waals surface area contributed by atoms with Gasteiger partial charge in [-0.2, -0.15) is 0 Å². The maximum absolute atomic E-state index is 12.6. The molecule has 0 aromatic heterocycles. The Morgan fingerprint density at radius 3 is 2.15 bits per heavy atom. The largest absolute Gasteiger partial charge is 0.493 e. The normalized spacial score (nSPS) is 11.3. The molecule has 0 spiro atoms. The SMILES string of the molecule is COc1cc(NC(=O)[C@@H](C)Oc2ccccc2)c(C(=O)N(C)C)cc1OC. The topological polar surface area (TPSA) is 77.1 Å². The van der Waals surface area contributed by atoms with Gasteiger partial charge in [0.2, 0.25) is 0 Å². The van der Waals surface area contributed by atoms with Gasteiger partial charge in [-0.3, -0.25) is 9.59 Å². The number of ether oxygens (including phenoxy) is 3. The van der Waals surface area contributed by atoms with Crippen molar-refractivity contribution in [1.29, 1.82) is 0 Å². The second-order valence-corrected chi connectivity index (χ2v) is 6.01. The lowest BCUT2D eigenvalue weighted by atomic mass is 10.1. The fraction of sp³-hybridized carbons (Fsp3) is 0.300. The van der Waals surface area contributed by atoms with Crippen molar-refractivity contribution >= 4 is 17.5 Å². The number of anilines is 1. The van der Waals surface area contributed by atoms with Gasteiger partial charge in [0.05, 0.1) is 25.5 Å². The second kappa shape index (κ2) is 8.93. The van der Waals surface area contributed by atoms with Crippen LogP contribution in [0.4, 0.5) is 5.69 Å². The first-order valence-corrected chi connectivity index (χ1v) is 8.37. The van der Waals surface area contributed by atoms with Crippen molar-refractivity contribution in [2.24, 2.45) is 0 Å². The maximum Gasteiger partial charge on any atom is 0.265 e. The van der Waals surface area contributed by atoms with E-state index < -0.39 is 6.10 Å². The Morgan fingerprint density at radius 1 is 1.00 bits per heavy atom. The Balaban J connectivity index is 2.29. The Morgan fingerprint density at radius 2 is 1.59 bits per heavy atom. The van der Waals surface area contributed by atoms with Crippen molar-refractivity contribution in [3.05, 3.63) is 48.0 Å². The number of para-hydroxylation sites is 1. The molecule has 144 valence electrons. The van der Waals surface area contributed by atoms with Crippen LogP contribution in [0.3, 0.4) is 0 Å². The van der Waals surface area contributed by atoms with Crippen LogP contribution in [0.1, 0.15) is 17.3 Å². The molecule has 0 fully saturated rings. The predicted octanol–water partition coefficient (Wildman–Crippen LogP) is 2.81. The van der Waals surface area contributed by atoms with Gasteiger partial charge < -0.3 is 24.4 Å². The van der Waals surface area contributed by atoms with Gasteiger partial charge in [0.1, 0.15) is 5.75 Å². The van der Waals surface area contributed by atoms with E-state index in [-0.39, 0.29) is 17.4 Å². The molecule has 0 saturated heterocycles. The number of rotatable bonds is 7. The number of amides is 2. The first-order valence-electron chi connectivity index (χ1n) is 8.37. The summed E-state index contributed by atoms with van der Waals surface area (Å²) in [5.41, 5.74) is 0.609. The molecule has 27 heavy (non-hydrogen) atoms. The van der Waals surface area contributed by atoms with Crippen LogP contribution < -0.4 is 19.5 Å². The average molecular weight is 372 g/mol. The van der Waals surface area contributed by atoms with Crippen LogP contribution in [0, 0.1) is 0 Å². The van der Waals surface area contributed by atoms with Gasteiger partial charge >= 0.3 is 0 Å². The first kappa shape index (κ1) is 20.1. The smallest absolute Gasteiger partial charge is 0.265 e. The molecular formula is C20H24N2O5. The average Bonchev–Trinajstić information content (AvgIpc) is 2.67. The summed E-state index contributed by atoms with van der Waals surface area (Å²) in [6.07, 6.45) is -0.761. The van der Waals surface area contributed by atoms with Gasteiger partial charge in [-0.15, -0.1) is 0 Å². The minimum absolute atomic E-state index is 0.275.